The highest BCUT2D eigenvalue weighted by Gasteiger charge is 2.19. The maximum atomic E-state index is 8.80. The van der Waals surface area contributed by atoms with Crippen LogP contribution in [0, 0.1) is 11.3 Å². The Kier molecular flexibility index (Phi) is 5.03. The Labute approximate surface area is 113 Å². The van der Waals surface area contributed by atoms with Crippen LogP contribution in [0.1, 0.15) is 36.9 Å². The van der Waals surface area contributed by atoms with Gasteiger partial charge in [-0.1, -0.05) is 0 Å². The fourth-order valence-electron chi connectivity index (χ4n) is 2.41. The molecule has 1 saturated carbocycles. The average molecular weight is 261 g/mol. The second kappa shape index (κ2) is 6.77. The van der Waals surface area contributed by atoms with Crippen molar-refractivity contribution in [3.63, 3.8) is 0 Å². The first-order valence-electron chi connectivity index (χ1n) is 6.43. The van der Waals surface area contributed by atoms with Gasteiger partial charge in [0.1, 0.15) is 11.8 Å². The molecule has 0 bridgehead atoms. The van der Waals surface area contributed by atoms with Gasteiger partial charge in [0.25, 0.3) is 0 Å². The molecule has 0 unspecified atom stereocenters. The summed E-state index contributed by atoms with van der Waals surface area (Å²) in [5.74, 6) is 0. The molecule has 1 aromatic rings. The van der Waals surface area contributed by atoms with Gasteiger partial charge in [-0.2, -0.15) is 17.0 Å². The molecule has 2 rings (SSSR count). The molecular formula is C14H19N3S. The number of rotatable bonds is 4. The zero-order valence-corrected chi connectivity index (χ0v) is 11.5. The predicted molar refractivity (Wildman–Crippen MR) is 75.4 cm³/mol. The van der Waals surface area contributed by atoms with E-state index in [-0.39, 0.29) is 0 Å². The van der Waals surface area contributed by atoms with Gasteiger partial charge in [0, 0.05) is 24.0 Å². The van der Waals surface area contributed by atoms with Gasteiger partial charge in [-0.3, -0.25) is 0 Å². The van der Waals surface area contributed by atoms with Gasteiger partial charge in [0.05, 0.1) is 0 Å². The molecule has 3 nitrogen and oxygen atoms in total. The van der Waals surface area contributed by atoms with Crippen LogP contribution >= 0.6 is 11.8 Å². The van der Waals surface area contributed by atoms with Crippen LogP contribution in [-0.4, -0.2) is 22.5 Å². The van der Waals surface area contributed by atoms with E-state index in [0.29, 0.717) is 11.7 Å². The summed E-state index contributed by atoms with van der Waals surface area (Å²) in [4.78, 5) is 3.98. The first-order chi connectivity index (χ1) is 8.81. The summed E-state index contributed by atoms with van der Waals surface area (Å²) in [6.45, 7) is 0.839. The quantitative estimate of drug-likeness (QED) is 0.905. The Morgan fingerprint density at radius 2 is 2.22 bits per heavy atom. The smallest absolute Gasteiger partial charge is 0.140 e. The van der Waals surface area contributed by atoms with Gasteiger partial charge in [-0.25, -0.2) is 4.98 Å². The number of nitrogens with zero attached hydrogens (tertiary/aromatic N) is 2. The average Bonchev–Trinajstić information content (AvgIpc) is 2.46. The van der Waals surface area contributed by atoms with Crippen LogP contribution in [-0.2, 0) is 6.54 Å². The first kappa shape index (κ1) is 13.4. The van der Waals surface area contributed by atoms with Gasteiger partial charge >= 0.3 is 0 Å². The molecule has 18 heavy (non-hydrogen) atoms. The molecule has 1 aromatic heterocycles. The van der Waals surface area contributed by atoms with Crippen molar-refractivity contribution in [3.05, 3.63) is 29.6 Å². The normalized spacial score (nSPS) is 23.6. The van der Waals surface area contributed by atoms with Crippen LogP contribution in [0.2, 0.25) is 0 Å². The molecule has 0 spiro atoms. The molecule has 4 heteroatoms. The highest BCUT2D eigenvalue weighted by atomic mass is 32.2. The van der Waals surface area contributed by atoms with Crippen molar-refractivity contribution < 1.29 is 0 Å². The Morgan fingerprint density at radius 1 is 1.44 bits per heavy atom. The zero-order valence-electron chi connectivity index (χ0n) is 10.7. The van der Waals surface area contributed by atoms with E-state index in [0.717, 1.165) is 17.4 Å². The van der Waals surface area contributed by atoms with Crippen LogP contribution in [0.3, 0.4) is 0 Å². The van der Waals surface area contributed by atoms with Crippen LogP contribution in [0.15, 0.2) is 18.3 Å². The van der Waals surface area contributed by atoms with Gasteiger partial charge < -0.3 is 5.32 Å². The van der Waals surface area contributed by atoms with Crippen LogP contribution < -0.4 is 5.32 Å². The lowest BCUT2D eigenvalue weighted by molar-refractivity contribution is 0.379. The van der Waals surface area contributed by atoms with E-state index in [4.69, 9.17) is 5.26 Å². The van der Waals surface area contributed by atoms with Crippen LogP contribution in [0.25, 0.3) is 0 Å². The van der Waals surface area contributed by atoms with Crippen molar-refractivity contribution in [2.75, 3.05) is 6.26 Å². The number of nitriles is 1. The summed E-state index contributed by atoms with van der Waals surface area (Å²) in [6, 6.07) is 6.54. The van der Waals surface area contributed by atoms with Crippen molar-refractivity contribution in [3.8, 4) is 6.07 Å². The number of nitrogens with one attached hydrogen (secondary N) is 1. The summed E-state index contributed by atoms with van der Waals surface area (Å²) in [5, 5.41) is 13.2. The summed E-state index contributed by atoms with van der Waals surface area (Å²) >= 11 is 2.00. The van der Waals surface area contributed by atoms with E-state index in [2.05, 4.69) is 22.6 Å². The minimum absolute atomic E-state index is 0.500. The fourth-order valence-corrected chi connectivity index (χ4v) is 3.15. The lowest BCUT2D eigenvalue weighted by Crippen LogP contribution is -2.33. The third kappa shape index (κ3) is 3.72. The number of aromatic nitrogens is 1. The fraction of sp³-hybridized carbons (Fsp3) is 0.571. The summed E-state index contributed by atoms with van der Waals surface area (Å²) < 4.78 is 0. The van der Waals surface area contributed by atoms with Gasteiger partial charge in [-0.15, -0.1) is 0 Å². The molecule has 96 valence electrons. The Morgan fingerprint density at radius 3 is 2.89 bits per heavy atom. The summed E-state index contributed by atoms with van der Waals surface area (Å²) in [7, 11) is 0. The molecule has 0 aromatic carbocycles. The largest absolute Gasteiger partial charge is 0.310 e. The monoisotopic (exact) mass is 261 g/mol. The van der Waals surface area contributed by atoms with Gasteiger partial charge in [0.2, 0.25) is 0 Å². The van der Waals surface area contributed by atoms with E-state index in [9.17, 15) is 0 Å². The molecule has 0 radical (unpaired) electrons. The third-order valence-electron chi connectivity index (χ3n) is 3.54. The topological polar surface area (TPSA) is 48.7 Å². The maximum Gasteiger partial charge on any atom is 0.140 e. The summed E-state index contributed by atoms with van der Waals surface area (Å²) in [5.41, 5.74) is 1.65. The number of hydrogen-bond donors (Lipinski definition) is 1. The van der Waals surface area contributed by atoms with Crippen LogP contribution in [0.5, 0.6) is 0 Å². The van der Waals surface area contributed by atoms with Crippen molar-refractivity contribution in [1.29, 1.82) is 5.26 Å². The molecule has 0 amide bonds. The van der Waals surface area contributed by atoms with Gasteiger partial charge in [-0.05, 0) is 49.6 Å². The molecule has 1 aliphatic carbocycles. The molecule has 0 atom stereocenters. The van der Waals surface area contributed by atoms with E-state index in [1.54, 1.807) is 6.20 Å². The van der Waals surface area contributed by atoms with Crippen molar-refractivity contribution in [2.24, 2.45) is 0 Å². The lowest BCUT2D eigenvalue weighted by Gasteiger charge is -2.28. The Bertz CT molecular complexity index is 419. The Hall–Kier alpha value is -1.05. The summed E-state index contributed by atoms with van der Waals surface area (Å²) in [6.07, 6.45) is 9.08. The highest BCUT2D eigenvalue weighted by Crippen LogP contribution is 2.26. The molecule has 0 aliphatic heterocycles. The lowest BCUT2D eigenvalue weighted by atomic mass is 9.95. The Balaban J connectivity index is 1.80. The SMILES string of the molecule is CSC1CCC(NCc2ccnc(C#N)c2)CC1. The van der Waals surface area contributed by atoms with Crippen molar-refractivity contribution in [1.82, 2.24) is 10.3 Å². The molecule has 1 fully saturated rings. The van der Waals surface area contributed by atoms with Crippen molar-refractivity contribution in [2.45, 2.75) is 43.5 Å². The van der Waals surface area contributed by atoms with E-state index in [1.807, 2.05) is 23.9 Å². The number of hydrogen-bond acceptors (Lipinski definition) is 4. The number of thioether (sulfide) groups is 1. The molecule has 1 heterocycles. The standard InChI is InChI=1S/C14H19N3S/c1-18-14-4-2-12(3-5-14)17-10-11-6-7-16-13(8-11)9-15/h6-8,12,14,17H,2-5,10H2,1H3. The number of pyridine rings is 1. The third-order valence-corrected chi connectivity index (χ3v) is 4.68. The zero-order chi connectivity index (χ0) is 12.8. The molecule has 1 aliphatic rings. The minimum atomic E-state index is 0.500. The molecular weight excluding hydrogens is 242 g/mol. The maximum absolute atomic E-state index is 8.80. The van der Waals surface area contributed by atoms with E-state index >= 15 is 0 Å². The van der Waals surface area contributed by atoms with Gasteiger partial charge in [0.15, 0.2) is 0 Å². The highest BCUT2D eigenvalue weighted by molar-refractivity contribution is 7.99. The van der Waals surface area contributed by atoms with E-state index < -0.39 is 0 Å². The molecule has 1 N–H and O–H groups in total. The van der Waals surface area contributed by atoms with E-state index in [1.165, 1.54) is 25.7 Å². The first-order valence-corrected chi connectivity index (χ1v) is 7.72. The van der Waals surface area contributed by atoms with Crippen LogP contribution in [0.4, 0.5) is 0 Å². The second-order valence-electron chi connectivity index (χ2n) is 4.75. The van der Waals surface area contributed by atoms with Crippen molar-refractivity contribution >= 4 is 11.8 Å². The molecule has 0 saturated heterocycles. The minimum Gasteiger partial charge on any atom is -0.310 e. The second-order valence-corrected chi connectivity index (χ2v) is 5.89. The predicted octanol–water partition coefficient (Wildman–Crippen LogP) is 2.72.